The van der Waals surface area contributed by atoms with Crippen LogP contribution in [0, 0.1) is 21.8 Å². The maximum absolute atomic E-state index is 13.6. The second kappa shape index (κ2) is 5.93. The predicted octanol–water partition coefficient (Wildman–Crippen LogP) is 2.95. The molecule has 2 unspecified atom stereocenters. The monoisotopic (exact) mass is 301 g/mol. The van der Waals surface area contributed by atoms with E-state index < -0.39 is 10.7 Å². The summed E-state index contributed by atoms with van der Waals surface area (Å²) in [5.74, 6) is -0.375. The van der Waals surface area contributed by atoms with E-state index in [0.29, 0.717) is 6.54 Å². The number of nitro groups is 1. The summed E-state index contributed by atoms with van der Waals surface area (Å²) in [5.41, 5.74) is 5.81. The zero-order valence-electron chi connectivity index (χ0n) is 11.2. The summed E-state index contributed by atoms with van der Waals surface area (Å²) in [6.07, 6.45) is 2.93. The van der Waals surface area contributed by atoms with E-state index in [9.17, 15) is 14.5 Å². The molecule has 1 aromatic rings. The Hall–Kier alpha value is -1.40. The van der Waals surface area contributed by atoms with Gasteiger partial charge in [-0.1, -0.05) is 18.0 Å². The van der Waals surface area contributed by atoms with Crippen molar-refractivity contribution in [2.45, 2.75) is 25.3 Å². The van der Waals surface area contributed by atoms with Crippen LogP contribution in [0.15, 0.2) is 12.1 Å². The van der Waals surface area contributed by atoms with Crippen LogP contribution in [0.2, 0.25) is 5.02 Å². The van der Waals surface area contributed by atoms with Crippen LogP contribution in [0.5, 0.6) is 0 Å². The van der Waals surface area contributed by atoms with E-state index in [1.165, 1.54) is 0 Å². The van der Waals surface area contributed by atoms with Gasteiger partial charge in [-0.05, 0) is 25.3 Å². The Labute approximate surface area is 121 Å². The number of hydrogen-bond donors (Lipinski definition) is 1. The zero-order chi connectivity index (χ0) is 14.9. The van der Waals surface area contributed by atoms with Gasteiger partial charge >= 0.3 is 0 Å². The summed E-state index contributed by atoms with van der Waals surface area (Å²) in [5, 5.41) is 10.9. The lowest BCUT2D eigenvalue weighted by molar-refractivity contribution is -0.384. The lowest BCUT2D eigenvalue weighted by Crippen LogP contribution is -2.38. The third kappa shape index (κ3) is 2.71. The van der Waals surface area contributed by atoms with E-state index in [0.717, 1.165) is 31.4 Å². The number of rotatable bonds is 4. The first-order chi connectivity index (χ1) is 9.45. The molecule has 0 aliphatic heterocycles. The van der Waals surface area contributed by atoms with Crippen molar-refractivity contribution in [1.29, 1.82) is 0 Å². The maximum atomic E-state index is 13.6. The standard InChI is InChI=1S/C13H17ClFN3O2/c1-17(11-4-2-3-8(11)7-16)12-6-10(15)9(14)5-13(12)18(19)20/h5-6,8,11H,2-4,7,16H2,1H3. The van der Waals surface area contributed by atoms with Gasteiger partial charge in [-0.2, -0.15) is 0 Å². The largest absolute Gasteiger partial charge is 0.366 e. The number of hydrogen-bond acceptors (Lipinski definition) is 4. The third-order valence-electron chi connectivity index (χ3n) is 4.01. The van der Waals surface area contributed by atoms with Crippen LogP contribution in [-0.4, -0.2) is 24.6 Å². The second-order valence-corrected chi connectivity index (χ2v) is 5.52. The molecule has 0 aromatic heterocycles. The van der Waals surface area contributed by atoms with Gasteiger partial charge in [0.05, 0.1) is 9.95 Å². The van der Waals surface area contributed by atoms with E-state index in [1.807, 2.05) is 0 Å². The molecule has 20 heavy (non-hydrogen) atoms. The van der Waals surface area contributed by atoms with Gasteiger partial charge in [-0.15, -0.1) is 0 Å². The number of nitrogens with zero attached hydrogens (tertiary/aromatic N) is 2. The normalized spacial score (nSPS) is 22.0. The summed E-state index contributed by atoms with van der Waals surface area (Å²) < 4.78 is 13.6. The lowest BCUT2D eigenvalue weighted by atomic mass is 10.0. The molecule has 1 aliphatic carbocycles. The molecule has 0 heterocycles. The molecule has 0 saturated heterocycles. The highest BCUT2D eigenvalue weighted by atomic mass is 35.5. The van der Waals surface area contributed by atoms with E-state index in [1.54, 1.807) is 11.9 Å². The first kappa shape index (κ1) is 15.0. The molecule has 1 saturated carbocycles. The van der Waals surface area contributed by atoms with E-state index >= 15 is 0 Å². The Kier molecular flexibility index (Phi) is 4.45. The molecule has 0 bridgehead atoms. The number of benzene rings is 1. The summed E-state index contributed by atoms with van der Waals surface area (Å²) in [6, 6.07) is 2.29. The average molecular weight is 302 g/mol. The number of nitro benzene ring substituents is 1. The summed E-state index contributed by atoms with van der Waals surface area (Å²) in [6.45, 7) is 0.527. The molecular formula is C13H17ClFN3O2. The minimum Gasteiger partial charge on any atom is -0.366 e. The maximum Gasteiger partial charge on any atom is 0.294 e. The number of anilines is 1. The molecule has 2 rings (SSSR count). The van der Waals surface area contributed by atoms with Crippen molar-refractivity contribution in [2.75, 3.05) is 18.5 Å². The molecular weight excluding hydrogens is 285 g/mol. The molecule has 1 aromatic carbocycles. The highest BCUT2D eigenvalue weighted by Gasteiger charge is 2.32. The van der Waals surface area contributed by atoms with Gasteiger partial charge in [-0.3, -0.25) is 10.1 Å². The average Bonchev–Trinajstić information content (AvgIpc) is 2.88. The molecule has 110 valence electrons. The fourth-order valence-electron chi connectivity index (χ4n) is 2.94. The molecule has 2 N–H and O–H groups in total. The second-order valence-electron chi connectivity index (χ2n) is 5.12. The molecule has 1 aliphatic rings. The van der Waals surface area contributed by atoms with Gasteiger partial charge in [0.15, 0.2) is 0 Å². The minimum absolute atomic E-state index is 0.0966. The van der Waals surface area contributed by atoms with Gasteiger partial charge in [0.1, 0.15) is 11.5 Å². The Bertz CT molecular complexity index is 527. The molecule has 0 radical (unpaired) electrons. The van der Waals surface area contributed by atoms with Crippen molar-refractivity contribution in [1.82, 2.24) is 0 Å². The lowest BCUT2D eigenvalue weighted by Gasteiger charge is -2.30. The summed E-state index contributed by atoms with van der Waals surface area (Å²) in [4.78, 5) is 12.4. The highest BCUT2D eigenvalue weighted by Crippen LogP contribution is 2.38. The topological polar surface area (TPSA) is 72.4 Å². The fourth-order valence-corrected chi connectivity index (χ4v) is 3.09. The quantitative estimate of drug-likeness (QED) is 0.685. The SMILES string of the molecule is CN(c1cc(F)c(Cl)cc1[N+](=O)[O-])C1CCCC1CN. The molecule has 0 amide bonds. The van der Waals surface area contributed by atoms with Gasteiger partial charge in [0.25, 0.3) is 5.69 Å². The highest BCUT2D eigenvalue weighted by molar-refractivity contribution is 6.31. The third-order valence-corrected chi connectivity index (χ3v) is 4.30. The molecule has 5 nitrogen and oxygen atoms in total. The van der Waals surface area contributed by atoms with E-state index in [4.69, 9.17) is 17.3 Å². The smallest absolute Gasteiger partial charge is 0.294 e. The zero-order valence-corrected chi connectivity index (χ0v) is 11.9. The molecule has 0 spiro atoms. The van der Waals surface area contributed by atoms with Crippen molar-refractivity contribution in [3.8, 4) is 0 Å². The summed E-state index contributed by atoms with van der Waals surface area (Å²) >= 11 is 5.63. The van der Waals surface area contributed by atoms with Crippen LogP contribution in [0.3, 0.4) is 0 Å². The van der Waals surface area contributed by atoms with Gasteiger partial charge in [0, 0.05) is 25.2 Å². The van der Waals surface area contributed by atoms with Crippen LogP contribution < -0.4 is 10.6 Å². The van der Waals surface area contributed by atoms with Crippen LogP contribution in [0.1, 0.15) is 19.3 Å². The predicted molar refractivity (Wildman–Crippen MR) is 76.7 cm³/mol. The van der Waals surface area contributed by atoms with Crippen LogP contribution in [0.4, 0.5) is 15.8 Å². The Morgan fingerprint density at radius 1 is 1.55 bits per heavy atom. The first-order valence-electron chi connectivity index (χ1n) is 6.52. The fraction of sp³-hybridized carbons (Fsp3) is 0.538. The van der Waals surface area contributed by atoms with Crippen LogP contribution in [-0.2, 0) is 0 Å². The first-order valence-corrected chi connectivity index (χ1v) is 6.89. The van der Waals surface area contributed by atoms with Gasteiger partial charge in [-0.25, -0.2) is 4.39 Å². The van der Waals surface area contributed by atoms with Crippen molar-refractivity contribution in [2.24, 2.45) is 11.7 Å². The van der Waals surface area contributed by atoms with Crippen molar-refractivity contribution < 1.29 is 9.31 Å². The van der Waals surface area contributed by atoms with E-state index in [-0.39, 0.29) is 28.4 Å². The molecule has 1 fully saturated rings. The Balaban J connectivity index is 2.40. The van der Waals surface area contributed by atoms with Crippen LogP contribution in [0.25, 0.3) is 0 Å². The van der Waals surface area contributed by atoms with Gasteiger partial charge < -0.3 is 10.6 Å². The van der Waals surface area contributed by atoms with Crippen molar-refractivity contribution in [3.05, 3.63) is 33.1 Å². The van der Waals surface area contributed by atoms with Gasteiger partial charge in [0.2, 0.25) is 0 Å². The van der Waals surface area contributed by atoms with Crippen molar-refractivity contribution in [3.63, 3.8) is 0 Å². The van der Waals surface area contributed by atoms with Crippen molar-refractivity contribution >= 4 is 23.0 Å². The Morgan fingerprint density at radius 2 is 2.25 bits per heavy atom. The van der Waals surface area contributed by atoms with E-state index in [2.05, 4.69) is 0 Å². The summed E-state index contributed by atoms with van der Waals surface area (Å²) in [7, 11) is 1.74. The number of nitrogens with two attached hydrogens (primary N) is 1. The van der Waals surface area contributed by atoms with Crippen LogP contribution >= 0.6 is 11.6 Å². The Morgan fingerprint density at radius 3 is 2.85 bits per heavy atom. The molecule has 2 atom stereocenters. The minimum atomic E-state index is -0.651. The number of halogens is 2. The molecule has 7 heteroatoms.